The molecule has 0 spiro atoms. The van der Waals surface area contributed by atoms with Crippen LogP contribution >= 0.6 is 0 Å². The molecule has 0 heterocycles. The predicted molar refractivity (Wildman–Crippen MR) is 89.9 cm³/mol. The van der Waals surface area contributed by atoms with Crippen LogP contribution in [0, 0.1) is 5.92 Å². The highest BCUT2D eigenvalue weighted by Crippen LogP contribution is 2.15. The fourth-order valence-corrected chi connectivity index (χ4v) is 2.47. The van der Waals surface area contributed by atoms with Crippen LogP contribution < -0.4 is 5.48 Å². The first-order chi connectivity index (χ1) is 10.2. The maximum atomic E-state index is 10.9. The van der Waals surface area contributed by atoms with Gasteiger partial charge in [-0.3, -0.25) is 0 Å². The van der Waals surface area contributed by atoms with Gasteiger partial charge in [-0.15, -0.1) is 0 Å². The molecule has 0 bridgehead atoms. The molecule has 1 atom stereocenters. The highest BCUT2D eigenvalue weighted by Gasteiger charge is 2.06. The summed E-state index contributed by atoms with van der Waals surface area (Å²) in [5.74, 6) is 0.181. The average Bonchev–Trinajstić information content (AvgIpc) is 2.51. The van der Waals surface area contributed by atoms with Crippen molar-refractivity contribution in [2.24, 2.45) is 5.92 Å². The summed E-state index contributed by atoms with van der Waals surface area (Å²) in [6.07, 6.45) is 15.8. The lowest BCUT2D eigenvalue weighted by atomic mass is 9.98. The summed E-state index contributed by atoms with van der Waals surface area (Å²) in [4.78, 5) is 15.7. The molecule has 1 unspecified atom stereocenters. The van der Waals surface area contributed by atoms with Crippen molar-refractivity contribution in [1.29, 1.82) is 0 Å². The number of nitrogens with one attached hydrogen (secondary N) is 1. The van der Waals surface area contributed by atoms with Crippen molar-refractivity contribution in [2.45, 2.75) is 84.5 Å². The number of hydrogen-bond donors (Lipinski definition) is 1. The van der Waals surface area contributed by atoms with Gasteiger partial charge in [0.05, 0.1) is 0 Å². The molecular formula is C18H35NO2. The molecule has 0 radical (unpaired) electrons. The highest BCUT2D eigenvalue weighted by atomic mass is 16.7. The van der Waals surface area contributed by atoms with E-state index in [1.54, 1.807) is 0 Å². The first kappa shape index (κ1) is 20.2. The van der Waals surface area contributed by atoms with Gasteiger partial charge in [0.1, 0.15) is 0 Å². The molecule has 0 aromatic rings. The van der Waals surface area contributed by atoms with E-state index in [0.717, 1.165) is 13.0 Å². The second-order valence-electron chi connectivity index (χ2n) is 5.87. The van der Waals surface area contributed by atoms with Crippen LogP contribution in [0.2, 0.25) is 0 Å². The van der Waals surface area contributed by atoms with E-state index in [9.17, 15) is 4.79 Å². The second-order valence-corrected chi connectivity index (χ2v) is 5.87. The van der Waals surface area contributed by atoms with E-state index < -0.39 is 5.97 Å². The van der Waals surface area contributed by atoms with Gasteiger partial charge in [-0.25, -0.2) is 4.79 Å². The monoisotopic (exact) mass is 297 g/mol. The molecule has 3 heteroatoms. The third kappa shape index (κ3) is 13.9. The third-order valence-corrected chi connectivity index (χ3v) is 4.00. The van der Waals surface area contributed by atoms with Gasteiger partial charge >= 0.3 is 5.97 Å². The Morgan fingerprint density at radius 3 is 2.14 bits per heavy atom. The van der Waals surface area contributed by atoms with Crippen molar-refractivity contribution in [3.8, 4) is 0 Å². The number of unbranched alkanes of at least 4 members (excludes halogenated alkanes) is 8. The molecule has 0 saturated carbocycles. The number of hydrogen-bond acceptors (Lipinski definition) is 3. The minimum absolute atomic E-state index is 0.409. The van der Waals surface area contributed by atoms with Crippen molar-refractivity contribution in [2.75, 3.05) is 6.54 Å². The molecule has 0 saturated heterocycles. The summed E-state index contributed by atoms with van der Waals surface area (Å²) < 4.78 is 0. The Morgan fingerprint density at radius 2 is 1.62 bits per heavy atom. The summed E-state index contributed by atoms with van der Waals surface area (Å²) in [5.41, 5.74) is 2.75. The summed E-state index contributed by atoms with van der Waals surface area (Å²) in [6.45, 7) is 8.56. The van der Waals surface area contributed by atoms with Gasteiger partial charge < -0.3 is 4.84 Å². The highest BCUT2D eigenvalue weighted by molar-refractivity contribution is 5.80. The van der Waals surface area contributed by atoms with Gasteiger partial charge in [0, 0.05) is 12.6 Å². The fourth-order valence-electron chi connectivity index (χ4n) is 2.47. The zero-order chi connectivity index (χ0) is 15.8. The third-order valence-electron chi connectivity index (χ3n) is 4.00. The van der Waals surface area contributed by atoms with Crippen LogP contribution in [0.15, 0.2) is 12.7 Å². The Hall–Kier alpha value is -0.830. The Morgan fingerprint density at radius 1 is 1.05 bits per heavy atom. The van der Waals surface area contributed by atoms with Crippen LogP contribution in [0.1, 0.15) is 84.5 Å². The smallest absolute Gasteiger partial charge is 0.348 e. The molecule has 0 aliphatic carbocycles. The first-order valence-corrected chi connectivity index (χ1v) is 8.80. The molecule has 0 aromatic carbocycles. The van der Waals surface area contributed by atoms with E-state index in [4.69, 9.17) is 4.84 Å². The van der Waals surface area contributed by atoms with E-state index >= 15 is 0 Å². The van der Waals surface area contributed by atoms with Crippen LogP contribution in [0.5, 0.6) is 0 Å². The fraction of sp³-hybridized carbons (Fsp3) is 0.833. The molecule has 124 valence electrons. The van der Waals surface area contributed by atoms with E-state index in [1.165, 1.54) is 70.3 Å². The molecule has 0 aliphatic rings. The molecular weight excluding hydrogens is 262 g/mol. The van der Waals surface area contributed by atoms with Crippen LogP contribution in [0.25, 0.3) is 0 Å². The number of carbonyl (C=O) groups is 1. The van der Waals surface area contributed by atoms with Crippen LogP contribution in [0.4, 0.5) is 0 Å². The van der Waals surface area contributed by atoms with Crippen LogP contribution in [-0.4, -0.2) is 12.5 Å². The summed E-state index contributed by atoms with van der Waals surface area (Å²) in [5, 5.41) is 0. The van der Waals surface area contributed by atoms with Gasteiger partial charge in [0.2, 0.25) is 0 Å². The zero-order valence-corrected chi connectivity index (χ0v) is 14.2. The SMILES string of the molecule is C=CC(=O)ONCC(CC)CCCCCCCCCCC. The van der Waals surface area contributed by atoms with Gasteiger partial charge in [-0.1, -0.05) is 84.6 Å². The van der Waals surface area contributed by atoms with Crippen LogP contribution in [0.3, 0.4) is 0 Å². The predicted octanol–water partition coefficient (Wildman–Crippen LogP) is 5.17. The zero-order valence-electron chi connectivity index (χ0n) is 14.2. The largest absolute Gasteiger partial charge is 0.367 e. The molecule has 21 heavy (non-hydrogen) atoms. The molecule has 0 amide bonds. The Labute approximate surface area is 131 Å². The van der Waals surface area contributed by atoms with E-state index in [0.29, 0.717) is 5.92 Å². The minimum Gasteiger partial charge on any atom is -0.367 e. The van der Waals surface area contributed by atoms with E-state index in [1.807, 2.05) is 0 Å². The van der Waals surface area contributed by atoms with E-state index in [-0.39, 0.29) is 0 Å². The number of hydroxylamine groups is 1. The maximum absolute atomic E-state index is 10.9. The van der Waals surface area contributed by atoms with Crippen molar-refractivity contribution >= 4 is 5.97 Å². The van der Waals surface area contributed by atoms with Gasteiger partial charge in [-0.05, 0) is 12.3 Å². The average molecular weight is 297 g/mol. The second kappa shape index (κ2) is 15.6. The lowest BCUT2D eigenvalue weighted by Crippen LogP contribution is -2.25. The summed E-state index contributed by atoms with van der Waals surface area (Å²) in [7, 11) is 0. The Kier molecular flexibility index (Phi) is 14.9. The number of carbonyl (C=O) groups excluding carboxylic acids is 1. The van der Waals surface area contributed by atoms with Crippen molar-refractivity contribution < 1.29 is 9.63 Å². The first-order valence-electron chi connectivity index (χ1n) is 8.80. The van der Waals surface area contributed by atoms with E-state index in [2.05, 4.69) is 25.9 Å². The standard InChI is InChI=1S/C18H35NO2/c1-4-7-8-9-10-11-12-13-14-15-17(5-2)16-19-21-18(20)6-3/h6,17,19H,3-5,7-16H2,1-2H3. The lowest BCUT2D eigenvalue weighted by molar-refractivity contribution is -0.145. The van der Waals surface area contributed by atoms with Crippen molar-refractivity contribution in [1.82, 2.24) is 5.48 Å². The minimum atomic E-state index is -0.409. The lowest BCUT2D eigenvalue weighted by Gasteiger charge is -2.14. The van der Waals surface area contributed by atoms with Crippen LogP contribution in [-0.2, 0) is 9.63 Å². The summed E-state index contributed by atoms with van der Waals surface area (Å²) >= 11 is 0. The van der Waals surface area contributed by atoms with Gasteiger partial charge in [-0.2, -0.15) is 5.48 Å². The summed E-state index contributed by atoms with van der Waals surface area (Å²) in [6, 6.07) is 0. The molecule has 1 N–H and O–H groups in total. The van der Waals surface area contributed by atoms with Crippen molar-refractivity contribution in [3.63, 3.8) is 0 Å². The van der Waals surface area contributed by atoms with Gasteiger partial charge in [0.15, 0.2) is 0 Å². The molecule has 0 aliphatic heterocycles. The Bertz CT molecular complexity index is 254. The molecule has 3 nitrogen and oxygen atoms in total. The Balaban J connectivity index is 3.38. The number of rotatable bonds is 15. The molecule has 0 fully saturated rings. The quantitative estimate of drug-likeness (QED) is 0.257. The van der Waals surface area contributed by atoms with Gasteiger partial charge in [0.25, 0.3) is 0 Å². The normalized spacial score (nSPS) is 12.1. The molecule has 0 aromatic heterocycles. The maximum Gasteiger partial charge on any atom is 0.348 e. The topological polar surface area (TPSA) is 38.3 Å². The van der Waals surface area contributed by atoms with Crippen molar-refractivity contribution in [3.05, 3.63) is 12.7 Å². The molecule has 0 rings (SSSR count).